The fourth-order valence-electron chi connectivity index (χ4n) is 4.06. The van der Waals surface area contributed by atoms with Crippen LogP contribution in [0.5, 0.6) is 0 Å². The molecule has 0 aromatic heterocycles. The molecule has 0 bridgehead atoms. The molecule has 2 heterocycles. The van der Waals surface area contributed by atoms with Crippen molar-refractivity contribution in [2.75, 3.05) is 49.5 Å². The molecule has 7 nitrogen and oxygen atoms in total. The van der Waals surface area contributed by atoms with Crippen LogP contribution in [0, 0.1) is 5.82 Å². The summed E-state index contributed by atoms with van der Waals surface area (Å²) >= 11 is 0. The van der Waals surface area contributed by atoms with Crippen LogP contribution in [0.3, 0.4) is 0 Å². The zero-order valence-corrected chi connectivity index (χ0v) is 18.1. The average Bonchev–Trinajstić information content (AvgIpc) is 2.94. The second kappa shape index (κ2) is 9.33. The number of nitrogens with one attached hydrogen (secondary N) is 2. The molecule has 1 amide bonds. The number of para-hydroxylation sites is 1. The van der Waals surface area contributed by atoms with Crippen LogP contribution in [0.1, 0.15) is 18.4 Å². The third-order valence-corrected chi connectivity index (χ3v) is 7.26. The molecule has 4 rings (SSSR count). The van der Waals surface area contributed by atoms with Crippen molar-refractivity contribution in [3.8, 4) is 0 Å². The number of amides is 1. The number of anilines is 2. The number of nitrogens with zero attached hydrogens (tertiary/aromatic N) is 2. The number of sulfonamides is 1. The lowest BCUT2D eigenvalue weighted by Gasteiger charge is -2.36. The van der Waals surface area contributed by atoms with Gasteiger partial charge in [0.2, 0.25) is 15.9 Å². The highest BCUT2D eigenvalue weighted by Crippen LogP contribution is 2.25. The maximum atomic E-state index is 14.0. The summed E-state index contributed by atoms with van der Waals surface area (Å²) in [5, 5.41) is 2.82. The maximum Gasteiger partial charge on any atom is 0.240 e. The van der Waals surface area contributed by atoms with Gasteiger partial charge in [0.05, 0.1) is 10.6 Å². The third-order valence-electron chi connectivity index (χ3n) is 5.80. The largest absolute Gasteiger partial charge is 0.367 e. The molecule has 166 valence electrons. The van der Waals surface area contributed by atoms with E-state index in [1.54, 1.807) is 24.3 Å². The van der Waals surface area contributed by atoms with Crippen LogP contribution in [0.4, 0.5) is 15.8 Å². The fraction of sp³-hybridized carbons (Fsp3) is 0.409. The van der Waals surface area contributed by atoms with Gasteiger partial charge in [-0.3, -0.25) is 9.69 Å². The Hall–Kier alpha value is -2.49. The molecule has 2 aromatic carbocycles. The van der Waals surface area contributed by atoms with Crippen LogP contribution in [0.2, 0.25) is 0 Å². The highest BCUT2D eigenvalue weighted by molar-refractivity contribution is 7.89. The van der Waals surface area contributed by atoms with Crippen LogP contribution in [-0.2, 0) is 21.2 Å². The van der Waals surface area contributed by atoms with E-state index in [0.29, 0.717) is 56.8 Å². The number of hydrogen-bond donors (Lipinski definition) is 2. The van der Waals surface area contributed by atoms with Gasteiger partial charge in [0.15, 0.2) is 0 Å². The number of piperazine rings is 1. The fourth-order valence-corrected chi connectivity index (χ4v) is 5.13. The van der Waals surface area contributed by atoms with Crippen molar-refractivity contribution in [2.24, 2.45) is 0 Å². The zero-order chi connectivity index (χ0) is 21.8. The number of benzene rings is 2. The average molecular weight is 447 g/mol. The zero-order valence-electron chi connectivity index (χ0n) is 17.3. The summed E-state index contributed by atoms with van der Waals surface area (Å²) in [6, 6.07) is 11.6. The summed E-state index contributed by atoms with van der Waals surface area (Å²) in [5.41, 5.74) is 2.15. The number of rotatable bonds is 6. The van der Waals surface area contributed by atoms with E-state index in [0.717, 1.165) is 18.7 Å². The van der Waals surface area contributed by atoms with Gasteiger partial charge < -0.3 is 10.2 Å². The van der Waals surface area contributed by atoms with Crippen molar-refractivity contribution < 1.29 is 17.6 Å². The van der Waals surface area contributed by atoms with Crippen LogP contribution in [0.15, 0.2) is 47.4 Å². The topological polar surface area (TPSA) is 81.8 Å². The number of carbonyl (C=O) groups is 1. The molecular formula is C22H27FN4O3S. The predicted octanol–water partition coefficient (Wildman–Crippen LogP) is 2.20. The summed E-state index contributed by atoms with van der Waals surface area (Å²) in [6.07, 6.45) is 1.82. The first kappa shape index (κ1) is 21.7. The van der Waals surface area contributed by atoms with Gasteiger partial charge in [-0.05, 0) is 48.7 Å². The van der Waals surface area contributed by atoms with Crippen molar-refractivity contribution in [3.05, 3.63) is 53.8 Å². The normalized spacial score (nSPS) is 17.7. The highest BCUT2D eigenvalue weighted by Gasteiger charge is 2.21. The summed E-state index contributed by atoms with van der Waals surface area (Å²) in [5.74, 6) is -0.258. The van der Waals surface area contributed by atoms with Crippen molar-refractivity contribution in [3.63, 3.8) is 0 Å². The summed E-state index contributed by atoms with van der Waals surface area (Å²) in [4.78, 5) is 16.1. The van der Waals surface area contributed by atoms with Crippen molar-refractivity contribution >= 4 is 27.3 Å². The Morgan fingerprint density at radius 2 is 1.81 bits per heavy atom. The van der Waals surface area contributed by atoms with Gasteiger partial charge in [0, 0.05) is 51.4 Å². The van der Waals surface area contributed by atoms with Crippen LogP contribution >= 0.6 is 0 Å². The highest BCUT2D eigenvalue weighted by atomic mass is 32.2. The minimum Gasteiger partial charge on any atom is -0.367 e. The number of fused-ring (bicyclic) bond motifs is 1. The molecule has 0 atom stereocenters. The van der Waals surface area contributed by atoms with E-state index in [1.165, 1.54) is 12.1 Å². The van der Waals surface area contributed by atoms with Gasteiger partial charge in [-0.25, -0.2) is 17.5 Å². The Morgan fingerprint density at radius 1 is 1.03 bits per heavy atom. The molecule has 2 aliphatic rings. The number of aryl methyl sites for hydroxylation is 1. The molecule has 0 unspecified atom stereocenters. The minimum atomic E-state index is -3.63. The quantitative estimate of drug-likeness (QED) is 0.711. The molecule has 0 saturated carbocycles. The van der Waals surface area contributed by atoms with Crippen molar-refractivity contribution in [1.29, 1.82) is 0 Å². The van der Waals surface area contributed by atoms with E-state index in [4.69, 9.17) is 0 Å². The monoisotopic (exact) mass is 446 g/mol. The number of halogens is 1. The first-order valence-electron chi connectivity index (χ1n) is 10.6. The van der Waals surface area contributed by atoms with Gasteiger partial charge in [-0.1, -0.05) is 12.1 Å². The molecule has 0 spiro atoms. The van der Waals surface area contributed by atoms with Gasteiger partial charge in [-0.2, -0.15) is 0 Å². The second-order valence-corrected chi connectivity index (χ2v) is 9.67. The van der Waals surface area contributed by atoms with Gasteiger partial charge >= 0.3 is 0 Å². The summed E-state index contributed by atoms with van der Waals surface area (Å²) < 4.78 is 42.1. The molecule has 2 N–H and O–H groups in total. The van der Waals surface area contributed by atoms with Crippen LogP contribution in [0.25, 0.3) is 0 Å². The van der Waals surface area contributed by atoms with Crippen molar-refractivity contribution in [1.82, 2.24) is 9.62 Å². The van der Waals surface area contributed by atoms with E-state index in [1.807, 2.05) is 11.0 Å². The smallest absolute Gasteiger partial charge is 0.240 e. The van der Waals surface area contributed by atoms with Crippen LogP contribution < -0.4 is 14.9 Å². The molecular weight excluding hydrogens is 419 g/mol. The van der Waals surface area contributed by atoms with Gasteiger partial charge in [0.25, 0.3) is 0 Å². The lowest BCUT2D eigenvalue weighted by atomic mass is 10.1. The second-order valence-electron chi connectivity index (χ2n) is 7.90. The lowest BCUT2D eigenvalue weighted by molar-refractivity contribution is -0.116. The van der Waals surface area contributed by atoms with Crippen LogP contribution in [-0.4, -0.2) is 58.5 Å². The van der Waals surface area contributed by atoms with E-state index < -0.39 is 10.0 Å². The molecule has 0 aliphatic carbocycles. The predicted molar refractivity (Wildman–Crippen MR) is 118 cm³/mol. The Morgan fingerprint density at radius 3 is 2.58 bits per heavy atom. The van der Waals surface area contributed by atoms with Gasteiger partial charge in [0.1, 0.15) is 5.82 Å². The van der Waals surface area contributed by atoms with E-state index in [9.17, 15) is 17.6 Å². The molecule has 0 radical (unpaired) electrons. The maximum absolute atomic E-state index is 14.0. The Kier molecular flexibility index (Phi) is 6.54. The molecule has 2 aromatic rings. The molecule has 1 fully saturated rings. The Labute approximate surface area is 182 Å². The van der Waals surface area contributed by atoms with E-state index in [2.05, 4.69) is 14.9 Å². The Balaban J connectivity index is 1.29. The Bertz CT molecular complexity index is 1050. The van der Waals surface area contributed by atoms with Gasteiger partial charge in [-0.15, -0.1) is 0 Å². The summed E-state index contributed by atoms with van der Waals surface area (Å²) in [6.45, 7) is 3.78. The SMILES string of the molecule is O=C1CCCc2cc(S(=O)(=O)NCCN3CCN(c4ccccc4F)CC3)ccc2N1. The van der Waals surface area contributed by atoms with E-state index >= 15 is 0 Å². The standard InChI is InChI=1S/C22H27FN4O3S/c23-19-5-1-2-6-21(19)27-14-12-26(13-15-27)11-10-24-31(29,30)18-8-9-20-17(16-18)4-3-7-22(28)25-20/h1-2,5-6,8-9,16,24H,3-4,7,10-15H2,(H,25,28). The number of hydrogen-bond acceptors (Lipinski definition) is 5. The number of carbonyl (C=O) groups excluding carboxylic acids is 1. The lowest BCUT2D eigenvalue weighted by Crippen LogP contribution is -2.48. The van der Waals surface area contributed by atoms with E-state index in [-0.39, 0.29) is 16.6 Å². The molecule has 1 saturated heterocycles. The first-order valence-corrected chi connectivity index (χ1v) is 12.0. The molecule has 9 heteroatoms. The molecule has 2 aliphatic heterocycles. The summed E-state index contributed by atoms with van der Waals surface area (Å²) in [7, 11) is -3.63. The van der Waals surface area contributed by atoms with Crippen molar-refractivity contribution in [2.45, 2.75) is 24.2 Å². The first-order chi connectivity index (χ1) is 14.9. The third kappa shape index (κ3) is 5.23. The minimum absolute atomic E-state index is 0.0393. The molecule has 31 heavy (non-hydrogen) atoms.